The number of hydrogen-bond donors (Lipinski definition) is 0. The second kappa shape index (κ2) is 11.0. The average Bonchev–Trinajstić information content (AvgIpc) is 2.53. The van der Waals surface area contributed by atoms with E-state index in [9.17, 15) is 0 Å². The van der Waals surface area contributed by atoms with Crippen LogP contribution >= 0.6 is 0 Å². The first-order valence-corrected chi connectivity index (χ1v) is 5.93. The lowest BCUT2D eigenvalue weighted by Crippen LogP contribution is -2.21. The van der Waals surface area contributed by atoms with Gasteiger partial charge in [0.2, 0.25) is 0 Å². The molecule has 0 radical (unpaired) electrons. The lowest BCUT2D eigenvalue weighted by molar-refractivity contribution is 0.155. The van der Waals surface area contributed by atoms with Crippen LogP contribution in [0, 0.1) is 5.92 Å². The van der Waals surface area contributed by atoms with Crippen molar-refractivity contribution in [3.8, 4) is 0 Å². The Bertz CT molecular complexity index is 96.5. The van der Waals surface area contributed by atoms with Crippen LogP contribution in [-0.4, -0.2) is 38.3 Å². The minimum atomic E-state index is 0.750. The molecule has 2 nitrogen and oxygen atoms in total. The molecule has 0 bridgehead atoms. The molecule has 1 aliphatic rings. The van der Waals surface area contributed by atoms with E-state index in [4.69, 9.17) is 4.74 Å². The summed E-state index contributed by atoms with van der Waals surface area (Å²) in [5, 5.41) is 0. The van der Waals surface area contributed by atoms with E-state index in [1.165, 1.54) is 13.0 Å². The fourth-order valence-corrected chi connectivity index (χ4v) is 1.68. The maximum absolute atomic E-state index is 5.10. The molecule has 1 rings (SSSR count). The van der Waals surface area contributed by atoms with E-state index in [0.717, 1.165) is 18.6 Å². The van der Waals surface area contributed by atoms with Crippen LogP contribution in [0.2, 0.25) is 0 Å². The van der Waals surface area contributed by atoms with E-state index < -0.39 is 0 Å². The zero-order valence-corrected chi connectivity index (χ0v) is 11.1. The maximum Gasteiger partial charge on any atom is 0.0503 e. The third-order valence-corrected chi connectivity index (χ3v) is 2.38. The molecule has 1 saturated heterocycles. The van der Waals surface area contributed by atoms with E-state index in [1.54, 1.807) is 7.11 Å². The van der Waals surface area contributed by atoms with Gasteiger partial charge in [0.05, 0.1) is 6.61 Å². The molecule has 0 saturated carbocycles. The highest BCUT2D eigenvalue weighted by Gasteiger charge is 2.25. The van der Waals surface area contributed by atoms with Crippen molar-refractivity contribution in [1.29, 1.82) is 0 Å². The molecular formula is C12H29NO. The zero-order valence-electron chi connectivity index (χ0n) is 11.1. The Labute approximate surface area is 90.6 Å². The Morgan fingerprint density at radius 3 is 2.00 bits per heavy atom. The SMILES string of the molecule is CC.CC.COCC1CC(C)N(C)C1. The Morgan fingerprint density at radius 2 is 1.71 bits per heavy atom. The first-order valence-electron chi connectivity index (χ1n) is 5.93. The summed E-state index contributed by atoms with van der Waals surface area (Å²) in [5.41, 5.74) is 0. The van der Waals surface area contributed by atoms with Crippen LogP contribution in [0.4, 0.5) is 0 Å². The Morgan fingerprint density at radius 1 is 1.21 bits per heavy atom. The number of likely N-dealkylation sites (tertiary alicyclic amines) is 1. The molecule has 1 fully saturated rings. The summed E-state index contributed by atoms with van der Waals surface area (Å²) in [6.07, 6.45) is 1.30. The normalized spacial score (nSPS) is 25.9. The highest BCUT2D eigenvalue weighted by molar-refractivity contribution is 4.79. The van der Waals surface area contributed by atoms with Crippen molar-refractivity contribution in [2.24, 2.45) is 5.92 Å². The Hall–Kier alpha value is -0.0800. The van der Waals surface area contributed by atoms with Gasteiger partial charge in [-0.1, -0.05) is 27.7 Å². The van der Waals surface area contributed by atoms with Gasteiger partial charge in [-0.05, 0) is 26.3 Å². The van der Waals surface area contributed by atoms with Crippen LogP contribution in [0.25, 0.3) is 0 Å². The predicted molar refractivity (Wildman–Crippen MR) is 64.8 cm³/mol. The number of rotatable bonds is 2. The van der Waals surface area contributed by atoms with Gasteiger partial charge in [0.1, 0.15) is 0 Å². The lowest BCUT2D eigenvalue weighted by Gasteiger charge is -2.12. The van der Waals surface area contributed by atoms with Crippen LogP contribution in [0.1, 0.15) is 41.0 Å². The summed E-state index contributed by atoms with van der Waals surface area (Å²) in [6.45, 7) is 12.4. The Kier molecular flexibility index (Phi) is 12.8. The number of hydrogen-bond acceptors (Lipinski definition) is 2. The third-order valence-electron chi connectivity index (χ3n) is 2.38. The van der Waals surface area contributed by atoms with Gasteiger partial charge in [-0.2, -0.15) is 0 Å². The summed E-state index contributed by atoms with van der Waals surface area (Å²) in [4.78, 5) is 2.39. The van der Waals surface area contributed by atoms with Gasteiger partial charge in [0, 0.05) is 19.7 Å². The van der Waals surface area contributed by atoms with Crippen molar-refractivity contribution < 1.29 is 4.74 Å². The molecule has 1 heterocycles. The fourth-order valence-electron chi connectivity index (χ4n) is 1.68. The van der Waals surface area contributed by atoms with E-state index in [2.05, 4.69) is 18.9 Å². The van der Waals surface area contributed by atoms with E-state index >= 15 is 0 Å². The number of nitrogens with zero attached hydrogens (tertiary/aromatic N) is 1. The summed E-state index contributed by atoms with van der Waals surface area (Å²) in [7, 11) is 3.96. The standard InChI is InChI=1S/C8H17NO.2C2H6/c1-7-4-8(6-10-3)5-9(7)2;2*1-2/h7-8H,4-6H2,1-3H3;2*1-2H3. The molecule has 0 N–H and O–H groups in total. The predicted octanol–water partition coefficient (Wildman–Crippen LogP) is 3.03. The molecule has 0 aliphatic carbocycles. The van der Waals surface area contributed by atoms with Crippen LogP contribution in [0.5, 0.6) is 0 Å². The Balaban J connectivity index is 0. The fraction of sp³-hybridized carbons (Fsp3) is 1.00. The minimum Gasteiger partial charge on any atom is -0.384 e. The summed E-state index contributed by atoms with van der Waals surface area (Å²) in [5.74, 6) is 0.769. The highest BCUT2D eigenvalue weighted by Crippen LogP contribution is 2.20. The molecule has 0 amide bonds. The van der Waals surface area contributed by atoms with Gasteiger partial charge >= 0.3 is 0 Å². The smallest absolute Gasteiger partial charge is 0.0503 e. The van der Waals surface area contributed by atoms with Crippen LogP contribution in [-0.2, 0) is 4.74 Å². The first-order chi connectivity index (χ1) is 6.74. The van der Waals surface area contributed by atoms with Crippen molar-refractivity contribution >= 4 is 0 Å². The number of methoxy groups -OCH3 is 1. The third kappa shape index (κ3) is 6.39. The highest BCUT2D eigenvalue weighted by atomic mass is 16.5. The molecule has 0 aromatic carbocycles. The largest absolute Gasteiger partial charge is 0.384 e. The second-order valence-corrected chi connectivity index (χ2v) is 3.35. The van der Waals surface area contributed by atoms with Crippen molar-refractivity contribution in [2.75, 3.05) is 27.3 Å². The van der Waals surface area contributed by atoms with Gasteiger partial charge in [0.25, 0.3) is 0 Å². The van der Waals surface area contributed by atoms with Gasteiger partial charge < -0.3 is 9.64 Å². The van der Waals surface area contributed by atoms with Crippen LogP contribution < -0.4 is 0 Å². The van der Waals surface area contributed by atoms with Crippen molar-refractivity contribution in [1.82, 2.24) is 4.90 Å². The first kappa shape index (κ1) is 16.4. The molecule has 0 spiro atoms. The van der Waals surface area contributed by atoms with Crippen LogP contribution in [0.15, 0.2) is 0 Å². The molecule has 2 heteroatoms. The van der Waals surface area contributed by atoms with Crippen molar-refractivity contribution in [3.63, 3.8) is 0 Å². The second-order valence-electron chi connectivity index (χ2n) is 3.35. The summed E-state index contributed by atoms with van der Waals surface area (Å²) < 4.78 is 5.10. The van der Waals surface area contributed by atoms with E-state index in [-0.39, 0.29) is 0 Å². The molecule has 2 unspecified atom stereocenters. The zero-order chi connectivity index (χ0) is 11.6. The van der Waals surface area contributed by atoms with Crippen LogP contribution in [0.3, 0.4) is 0 Å². The van der Waals surface area contributed by atoms with Gasteiger partial charge in [-0.15, -0.1) is 0 Å². The number of ether oxygens (including phenoxy) is 1. The molecular weight excluding hydrogens is 174 g/mol. The van der Waals surface area contributed by atoms with E-state index in [1.807, 2.05) is 27.7 Å². The minimum absolute atomic E-state index is 0.750. The molecule has 0 aromatic heterocycles. The van der Waals surface area contributed by atoms with Crippen molar-refractivity contribution in [3.05, 3.63) is 0 Å². The van der Waals surface area contributed by atoms with Gasteiger partial charge in [0.15, 0.2) is 0 Å². The van der Waals surface area contributed by atoms with Crippen molar-refractivity contribution in [2.45, 2.75) is 47.1 Å². The summed E-state index contributed by atoms with van der Waals surface area (Å²) in [6, 6.07) is 0.750. The molecule has 0 aromatic rings. The quantitative estimate of drug-likeness (QED) is 0.684. The summed E-state index contributed by atoms with van der Waals surface area (Å²) >= 11 is 0. The van der Waals surface area contributed by atoms with Gasteiger partial charge in [-0.25, -0.2) is 0 Å². The molecule has 1 aliphatic heterocycles. The average molecular weight is 203 g/mol. The lowest BCUT2D eigenvalue weighted by atomic mass is 10.1. The molecule has 88 valence electrons. The van der Waals surface area contributed by atoms with Gasteiger partial charge in [-0.3, -0.25) is 0 Å². The van der Waals surface area contributed by atoms with E-state index in [0.29, 0.717) is 0 Å². The molecule has 14 heavy (non-hydrogen) atoms. The molecule has 2 atom stereocenters. The topological polar surface area (TPSA) is 12.5 Å². The monoisotopic (exact) mass is 203 g/mol. The maximum atomic E-state index is 5.10.